The van der Waals surface area contributed by atoms with Gasteiger partial charge in [-0.1, -0.05) is 52.0 Å². The molecule has 1 aliphatic heterocycles. The number of rotatable bonds is 4. The predicted octanol–water partition coefficient (Wildman–Crippen LogP) is 4.89. The number of hydrogen-bond donors (Lipinski definition) is 0. The minimum absolute atomic E-state index is 0.629. The first-order chi connectivity index (χ1) is 9.47. The average Bonchev–Trinajstić information content (AvgIpc) is 2.38. The van der Waals surface area contributed by atoms with Gasteiger partial charge < -0.3 is 4.90 Å². The largest absolute Gasteiger partial charge is 0.306 e. The van der Waals surface area contributed by atoms with Crippen LogP contribution in [0.5, 0.6) is 0 Å². The van der Waals surface area contributed by atoms with E-state index < -0.39 is 0 Å². The molecule has 0 spiro atoms. The van der Waals surface area contributed by atoms with Gasteiger partial charge >= 0.3 is 0 Å². The van der Waals surface area contributed by atoms with Crippen molar-refractivity contribution in [3.05, 3.63) is 35.4 Å². The lowest BCUT2D eigenvalue weighted by Gasteiger charge is -2.38. The van der Waals surface area contributed by atoms with E-state index in [1.165, 1.54) is 31.5 Å². The van der Waals surface area contributed by atoms with Crippen molar-refractivity contribution in [2.24, 2.45) is 11.8 Å². The summed E-state index contributed by atoms with van der Waals surface area (Å²) in [7, 11) is 2.27. The van der Waals surface area contributed by atoms with E-state index >= 15 is 0 Å². The van der Waals surface area contributed by atoms with Gasteiger partial charge in [0.05, 0.1) is 0 Å². The van der Waals surface area contributed by atoms with Crippen LogP contribution in [0.1, 0.15) is 63.5 Å². The quantitative estimate of drug-likeness (QED) is 0.755. The molecule has 1 fully saturated rings. The maximum absolute atomic E-state index is 2.51. The first-order valence-electron chi connectivity index (χ1n) is 8.25. The molecule has 112 valence electrons. The molecule has 2 rings (SSSR count). The van der Waals surface area contributed by atoms with Crippen molar-refractivity contribution in [3.8, 4) is 0 Å². The standard InChI is InChI=1S/C19H31N/c1-14(2)11-18-13-20(5)10-9-19(18)17-8-6-7-16(12-17)15(3)4/h6-8,12,14-15,18-19H,9-11,13H2,1-5H3. The Kier molecular flexibility index (Phi) is 5.26. The number of benzene rings is 1. The number of nitrogens with zero attached hydrogens (tertiary/aromatic N) is 1. The summed E-state index contributed by atoms with van der Waals surface area (Å²) in [6, 6.07) is 9.36. The Hall–Kier alpha value is -0.820. The molecular weight excluding hydrogens is 242 g/mol. The summed E-state index contributed by atoms with van der Waals surface area (Å²) >= 11 is 0. The van der Waals surface area contributed by atoms with Crippen molar-refractivity contribution in [2.75, 3.05) is 20.1 Å². The Bertz CT molecular complexity index is 420. The summed E-state index contributed by atoms with van der Waals surface area (Å²) < 4.78 is 0. The molecule has 1 aliphatic rings. The molecule has 20 heavy (non-hydrogen) atoms. The summed E-state index contributed by atoms with van der Waals surface area (Å²) in [6.07, 6.45) is 2.66. The third-order valence-electron chi connectivity index (χ3n) is 4.72. The van der Waals surface area contributed by atoms with E-state index in [9.17, 15) is 0 Å². The SMILES string of the molecule is CC(C)CC1CN(C)CCC1c1cccc(C(C)C)c1. The van der Waals surface area contributed by atoms with Crippen molar-refractivity contribution >= 4 is 0 Å². The Labute approximate surface area is 125 Å². The van der Waals surface area contributed by atoms with Gasteiger partial charge in [0.1, 0.15) is 0 Å². The zero-order valence-electron chi connectivity index (χ0n) is 13.9. The second-order valence-electron chi connectivity index (χ2n) is 7.37. The molecule has 0 bridgehead atoms. The molecule has 0 amide bonds. The lowest BCUT2D eigenvalue weighted by molar-refractivity contribution is 0.164. The fourth-order valence-electron chi connectivity index (χ4n) is 3.65. The van der Waals surface area contributed by atoms with E-state index in [2.05, 4.69) is 63.9 Å². The smallest absolute Gasteiger partial charge is 0.00126 e. The summed E-state index contributed by atoms with van der Waals surface area (Å²) in [5.41, 5.74) is 3.07. The molecule has 2 unspecified atom stereocenters. The van der Waals surface area contributed by atoms with Crippen LogP contribution in [0.4, 0.5) is 0 Å². The van der Waals surface area contributed by atoms with Gasteiger partial charge in [0.2, 0.25) is 0 Å². The van der Waals surface area contributed by atoms with E-state index in [1.54, 1.807) is 5.56 Å². The highest BCUT2D eigenvalue weighted by Crippen LogP contribution is 2.37. The van der Waals surface area contributed by atoms with Crippen molar-refractivity contribution in [1.82, 2.24) is 4.90 Å². The maximum Gasteiger partial charge on any atom is 0.00126 e. The van der Waals surface area contributed by atoms with Gasteiger partial charge in [-0.15, -0.1) is 0 Å². The summed E-state index contributed by atoms with van der Waals surface area (Å²) in [5.74, 6) is 3.00. The first kappa shape index (κ1) is 15.6. The minimum Gasteiger partial charge on any atom is -0.306 e. The molecule has 1 aromatic carbocycles. The van der Waals surface area contributed by atoms with E-state index in [4.69, 9.17) is 0 Å². The Balaban J connectivity index is 2.21. The van der Waals surface area contributed by atoms with E-state index in [1.807, 2.05) is 0 Å². The monoisotopic (exact) mass is 273 g/mol. The van der Waals surface area contributed by atoms with Crippen LogP contribution in [0, 0.1) is 11.8 Å². The van der Waals surface area contributed by atoms with Crippen molar-refractivity contribution in [3.63, 3.8) is 0 Å². The van der Waals surface area contributed by atoms with Gasteiger partial charge in [-0.3, -0.25) is 0 Å². The van der Waals surface area contributed by atoms with Gasteiger partial charge in [0.15, 0.2) is 0 Å². The third kappa shape index (κ3) is 3.85. The Morgan fingerprint density at radius 2 is 1.95 bits per heavy atom. The highest BCUT2D eigenvalue weighted by atomic mass is 15.1. The third-order valence-corrected chi connectivity index (χ3v) is 4.72. The van der Waals surface area contributed by atoms with Crippen LogP contribution < -0.4 is 0 Å². The fraction of sp³-hybridized carbons (Fsp3) is 0.684. The molecule has 2 atom stereocenters. The Morgan fingerprint density at radius 3 is 2.60 bits per heavy atom. The van der Waals surface area contributed by atoms with Crippen LogP contribution >= 0.6 is 0 Å². The zero-order chi connectivity index (χ0) is 14.7. The lowest BCUT2D eigenvalue weighted by Crippen LogP contribution is -2.37. The summed E-state index contributed by atoms with van der Waals surface area (Å²) in [5, 5.41) is 0. The van der Waals surface area contributed by atoms with Crippen LogP contribution in [0.2, 0.25) is 0 Å². The fourth-order valence-corrected chi connectivity index (χ4v) is 3.65. The molecule has 1 aromatic rings. The van der Waals surface area contributed by atoms with Crippen LogP contribution in [0.25, 0.3) is 0 Å². The molecular formula is C19H31N. The highest BCUT2D eigenvalue weighted by Gasteiger charge is 2.29. The molecule has 0 radical (unpaired) electrons. The lowest BCUT2D eigenvalue weighted by atomic mass is 9.76. The van der Waals surface area contributed by atoms with Crippen LogP contribution in [0.15, 0.2) is 24.3 Å². The molecule has 0 saturated carbocycles. The second kappa shape index (κ2) is 6.76. The molecule has 1 heterocycles. The Morgan fingerprint density at radius 1 is 1.20 bits per heavy atom. The minimum atomic E-state index is 0.629. The highest BCUT2D eigenvalue weighted by molar-refractivity contribution is 5.29. The van der Waals surface area contributed by atoms with Crippen LogP contribution in [-0.4, -0.2) is 25.0 Å². The van der Waals surface area contributed by atoms with Crippen molar-refractivity contribution < 1.29 is 0 Å². The molecule has 1 saturated heterocycles. The second-order valence-corrected chi connectivity index (χ2v) is 7.37. The normalized spacial score (nSPS) is 24.6. The molecule has 0 aliphatic carbocycles. The molecule has 0 aromatic heterocycles. The van der Waals surface area contributed by atoms with E-state index in [0.717, 1.165) is 17.8 Å². The van der Waals surface area contributed by atoms with Crippen molar-refractivity contribution in [2.45, 2.75) is 52.4 Å². The molecule has 1 nitrogen and oxygen atoms in total. The van der Waals surface area contributed by atoms with Gasteiger partial charge in [-0.2, -0.15) is 0 Å². The maximum atomic E-state index is 2.51. The van der Waals surface area contributed by atoms with E-state index in [-0.39, 0.29) is 0 Å². The van der Waals surface area contributed by atoms with Gasteiger partial charge in [0.25, 0.3) is 0 Å². The average molecular weight is 273 g/mol. The van der Waals surface area contributed by atoms with Gasteiger partial charge in [-0.05, 0) is 61.2 Å². The van der Waals surface area contributed by atoms with Gasteiger partial charge in [-0.25, -0.2) is 0 Å². The van der Waals surface area contributed by atoms with Crippen molar-refractivity contribution in [1.29, 1.82) is 0 Å². The summed E-state index contributed by atoms with van der Waals surface area (Å²) in [4.78, 5) is 2.51. The number of hydrogen-bond acceptors (Lipinski definition) is 1. The molecule has 1 heteroatoms. The van der Waals surface area contributed by atoms with Gasteiger partial charge in [0, 0.05) is 6.54 Å². The van der Waals surface area contributed by atoms with Crippen LogP contribution in [0.3, 0.4) is 0 Å². The first-order valence-corrected chi connectivity index (χ1v) is 8.25. The topological polar surface area (TPSA) is 3.24 Å². The number of likely N-dealkylation sites (tertiary alicyclic amines) is 1. The van der Waals surface area contributed by atoms with E-state index in [0.29, 0.717) is 5.92 Å². The molecule has 0 N–H and O–H groups in total. The van der Waals surface area contributed by atoms with Crippen LogP contribution in [-0.2, 0) is 0 Å². The zero-order valence-corrected chi connectivity index (χ0v) is 13.9. The predicted molar refractivity (Wildman–Crippen MR) is 88.3 cm³/mol. The number of piperidine rings is 1. The summed E-state index contributed by atoms with van der Waals surface area (Å²) in [6.45, 7) is 11.8.